The average molecular weight is 418 g/mol. The van der Waals surface area contributed by atoms with Gasteiger partial charge in [0.2, 0.25) is 0 Å². The van der Waals surface area contributed by atoms with Crippen LogP contribution in [0.3, 0.4) is 0 Å². The molecule has 1 fully saturated rings. The van der Waals surface area contributed by atoms with Gasteiger partial charge in [0.15, 0.2) is 6.10 Å². The highest BCUT2D eigenvalue weighted by molar-refractivity contribution is 5.94. The fraction of sp³-hybridized carbons (Fsp3) is 0.240. The molecule has 2 aromatic carbocycles. The second-order valence-electron chi connectivity index (χ2n) is 7.56. The maximum Gasteiger partial charge on any atom is 0.310 e. The molecule has 1 saturated heterocycles. The molecule has 5 nitrogen and oxygen atoms in total. The highest BCUT2D eigenvalue weighted by Gasteiger charge is 2.31. The van der Waals surface area contributed by atoms with Crippen molar-refractivity contribution in [3.05, 3.63) is 102 Å². The van der Waals surface area contributed by atoms with Gasteiger partial charge in [-0.3, -0.25) is 14.6 Å². The van der Waals surface area contributed by atoms with Crippen LogP contribution in [0.5, 0.6) is 0 Å². The molecule has 1 aromatic heterocycles. The fourth-order valence-corrected chi connectivity index (χ4v) is 3.76. The number of carbonyl (C=O) groups is 2. The number of nitrogens with zero attached hydrogens (tertiary/aromatic N) is 2. The van der Waals surface area contributed by atoms with E-state index in [1.807, 2.05) is 48.5 Å². The molecule has 158 valence electrons. The second kappa shape index (κ2) is 9.51. The number of halogens is 1. The van der Waals surface area contributed by atoms with E-state index in [4.69, 9.17) is 4.74 Å². The summed E-state index contributed by atoms with van der Waals surface area (Å²) in [4.78, 5) is 31.6. The summed E-state index contributed by atoms with van der Waals surface area (Å²) in [6.07, 6.45) is 2.15. The van der Waals surface area contributed by atoms with Crippen molar-refractivity contribution in [2.45, 2.75) is 18.9 Å². The summed E-state index contributed by atoms with van der Waals surface area (Å²) in [6.45, 7) is 0.908. The van der Waals surface area contributed by atoms with Crippen molar-refractivity contribution in [1.29, 1.82) is 0 Å². The van der Waals surface area contributed by atoms with Crippen LogP contribution in [0.2, 0.25) is 0 Å². The van der Waals surface area contributed by atoms with Crippen LogP contribution in [0.25, 0.3) is 0 Å². The molecule has 1 amide bonds. The smallest absolute Gasteiger partial charge is 0.310 e. The van der Waals surface area contributed by atoms with E-state index in [0.717, 1.165) is 5.56 Å². The van der Waals surface area contributed by atoms with Crippen molar-refractivity contribution in [3.63, 3.8) is 0 Å². The van der Waals surface area contributed by atoms with Gasteiger partial charge < -0.3 is 9.64 Å². The van der Waals surface area contributed by atoms with Crippen molar-refractivity contribution in [3.8, 4) is 0 Å². The summed E-state index contributed by atoms with van der Waals surface area (Å²) in [7, 11) is 0. The van der Waals surface area contributed by atoms with Gasteiger partial charge in [0.05, 0.1) is 11.6 Å². The molecule has 6 heteroatoms. The third-order valence-corrected chi connectivity index (χ3v) is 5.50. The molecular weight excluding hydrogens is 395 g/mol. The second-order valence-corrected chi connectivity index (χ2v) is 7.56. The number of piperidine rings is 1. The minimum Gasteiger partial charge on any atom is -0.451 e. The molecule has 1 atom stereocenters. The van der Waals surface area contributed by atoms with Gasteiger partial charge in [-0.15, -0.1) is 0 Å². The standard InChI is InChI=1S/C25H23FN2O3/c26-21-11-9-19(10-12-21)24(29)28-16-13-20(14-17-28)25(30)31-23(18-6-2-1-3-7-18)22-8-4-5-15-27-22/h1-12,15,20,23H,13-14,16-17H2. The largest absolute Gasteiger partial charge is 0.451 e. The Labute approximate surface area is 180 Å². The molecule has 2 heterocycles. The first-order chi connectivity index (χ1) is 15.1. The zero-order valence-electron chi connectivity index (χ0n) is 17.0. The molecule has 0 spiro atoms. The predicted molar refractivity (Wildman–Crippen MR) is 114 cm³/mol. The first-order valence-electron chi connectivity index (χ1n) is 10.3. The van der Waals surface area contributed by atoms with E-state index in [9.17, 15) is 14.0 Å². The quantitative estimate of drug-likeness (QED) is 0.576. The normalized spacial score (nSPS) is 15.3. The third kappa shape index (κ3) is 4.97. The lowest BCUT2D eigenvalue weighted by Crippen LogP contribution is -2.40. The van der Waals surface area contributed by atoms with Crippen LogP contribution in [0.4, 0.5) is 4.39 Å². The van der Waals surface area contributed by atoms with Crippen molar-refractivity contribution in [2.75, 3.05) is 13.1 Å². The van der Waals surface area contributed by atoms with Gasteiger partial charge in [-0.2, -0.15) is 0 Å². The lowest BCUT2D eigenvalue weighted by molar-refractivity contribution is -0.154. The van der Waals surface area contributed by atoms with E-state index in [1.165, 1.54) is 24.3 Å². The Morgan fingerprint density at radius 2 is 1.61 bits per heavy atom. The Morgan fingerprint density at radius 1 is 0.935 bits per heavy atom. The maximum absolute atomic E-state index is 13.1. The SMILES string of the molecule is O=C(OC(c1ccccc1)c1ccccn1)C1CCN(C(=O)c2ccc(F)cc2)CC1. The number of benzene rings is 2. The number of hydrogen-bond acceptors (Lipinski definition) is 4. The average Bonchev–Trinajstić information content (AvgIpc) is 2.83. The fourth-order valence-electron chi connectivity index (χ4n) is 3.76. The van der Waals surface area contributed by atoms with Gasteiger partial charge in [-0.25, -0.2) is 4.39 Å². The first kappa shape index (κ1) is 20.7. The topological polar surface area (TPSA) is 59.5 Å². The van der Waals surface area contributed by atoms with E-state index < -0.39 is 6.10 Å². The Hall–Kier alpha value is -3.54. The number of ether oxygens (including phenoxy) is 1. The van der Waals surface area contributed by atoms with Crippen molar-refractivity contribution < 1.29 is 18.7 Å². The van der Waals surface area contributed by atoms with Crippen LogP contribution < -0.4 is 0 Å². The zero-order chi connectivity index (χ0) is 21.6. The Kier molecular flexibility index (Phi) is 6.36. The van der Waals surface area contributed by atoms with Gasteiger partial charge in [0.1, 0.15) is 5.82 Å². The molecule has 1 aliphatic heterocycles. The van der Waals surface area contributed by atoms with Crippen LogP contribution in [0.1, 0.15) is 40.6 Å². The molecule has 0 saturated carbocycles. The lowest BCUT2D eigenvalue weighted by atomic mass is 9.96. The molecule has 3 aromatic rings. The molecular formula is C25H23FN2O3. The van der Waals surface area contributed by atoms with Crippen LogP contribution in [-0.4, -0.2) is 34.8 Å². The summed E-state index contributed by atoms with van der Waals surface area (Å²) < 4.78 is 19.0. The highest BCUT2D eigenvalue weighted by Crippen LogP contribution is 2.28. The molecule has 0 N–H and O–H groups in total. The Balaban J connectivity index is 1.40. The summed E-state index contributed by atoms with van der Waals surface area (Å²) in [5.74, 6) is -1.10. The van der Waals surface area contributed by atoms with Gasteiger partial charge in [-0.1, -0.05) is 36.4 Å². The minimum atomic E-state index is -0.575. The molecule has 4 rings (SSSR count). The van der Waals surface area contributed by atoms with Crippen molar-refractivity contribution >= 4 is 11.9 Å². The predicted octanol–water partition coefficient (Wildman–Crippen LogP) is 4.41. The van der Waals surface area contributed by atoms with Crippen molar-refractivity contribution in [1.82, 2.24) is 9.88 Å². The number of esters is 1. The Bertz CT molecular complexity index is 978. The van der Waals surface area contributed by atoms with E-state index in [0.29, 0.717) is 37.2 Å². The number of aromatic nitrogens is 1. The number of likely N-dealkylation sites (tertiary alicyclic amines) is 1. The number of amides is 1. The number of pyridine rings is 1. The van der Waals surface area contributed by atoms with Gasteiger partial charge in [-0.05, 0) is 54.8 Å². The first-order valence-corrected chi connectivity index (χ1v) is 10.3. The van der Waals surface area contributed by atoms with Crippen LogP contribution in [0.15, 0.2) is 79.0 Å². The maximum atomic E-state index is 13.1. The van der Waals surface area contributed by atoms with Gasteiger partial charge in [0.25, 0.3) is 5.91 Å². The monoisotopic (exact) mass is 418 g/mol. The third-order valence-electron chi connectivity index (χ3n) is 5.50. The van der Waals surface area contributed by atoms with Gasteiger partial charge in [0, 0.05) is 24.8 Å². The number of rotatable bonds is 5. The molecule has 1 aliphatic rings. The molecule has 0 aliphatic carbocycles. The van der Waals surface area contributed by atoms with Crippen molar-refractivity contribution in [2.24, 2.45) is 5.92 Å². The summed E-state index contributed by atoms with van der Waals surface area (Å²) >= 11 is 0. The van der Waals surface area contributed by atoms with Gasteiger partial charge >= 0.3 is 5.97 Å². The van der Waals surface area contributed by atoms with E-state index in [-0.39, 0.29) is 23.6 Å². The molecule has 31 heavy (non-hydrogen) atoms. The van der Waals surface area contributed by atoms with E-state index in [2.05, 4.69) is 4.98 Å². The molecule has 1 unspecified atom stereocenters. The van der Waals surface area contributed by atoms with Crippen LogP contribution in [0, 0.1) is 11.7 Å². The molecule has 0 bridgehead atoms. The number of carbonyl (C=O) groups excluding carboxylic acids is 2. The van der Waals surface area contributed by atoms with E-state index >= 15 is 0 Å². The zero-order valence-corrected chi connectivity index (χ0v) is 17.0. The van der Waals surface area contributed by atoms with Crippen LogP contribution in [-0.2, 0) is 9.53 Å². The summed E-state index contributed by atoms with van der Waals surface area (Å²) in [5.41, 5.74) is 1.98. The highest BCUT2D eigenvalue weighted by atomic mass is 19.1. The molecule has 0 radical (unpaired) electrons. The minimum absolute atomic E-state index is 0.150. The lowest BCUT2D eigenvalue weighted by Gasteiger charge is -2.31. The number of hydrogen-bond donors (Lipinski definition) is 0. The summed E-state index contributed by atoms with van der Waals surface area (Å²) in [6, 6.07) is 20.6. The van der Waals surface area contributed by atoms with E-state index in [1.54, 1.807) is 11.1 Å². The summed E-state index contributed by atoms with van der Waals surface area (Å²) in [5, 5.41) is 0. The van der Waals surface area contributed by atoms with Crippen LogP contribution >= 0.6 is 0 Å². The Morgan fingerprint density at radius 3 is 2.26 bits per heavy atom.